The average Bonchev–Trinajstić information content (AvgIpc) is 3.15. The number of carbonyl (C=O) groups is 4. The summed E-state index contributed by atoms with van der Waals surface area (Å²) in [5.41, 5.74) is 2.43. The first kappa shape index (κ1) is 42.9. The first-order valence-corrected chi connectivity index (χ1v) is 18.5. The van der Waals surface area contributed by atoms with E-state index in [2.05, 4.69) is 31.1 Å². The highest BCUT2D eigenvalue weighted by molar-refractivity contribution is 6.39. The second kappa shape index (κ2) is 20.7. The summed E-state index contributed by atoms with van der Waals surface area (Å²) in [7, 11) is 0. The van der Waals surface area contributed by atoms with Crippen LogP contribution in [-0.4, -0.2) is 61.9 Å². The predicted molar refractivity (Wildman–Crippen MR) is 215 cm³/mol. The first-order valence-electron chi connectivity index (χ1n) is 17.7. The molecule has 0 radical (unpaired) electrons. The van der Waals surface area contributed by atoms with Gasteiger partial charge in [0.15, 0.2) is 11.6 Å². The molecule has 2 unspecified atom stereocenters. The number of hydrogen-bond donors (Lipinski definition) is 2. The molecule has 4 aromatic carbocycles. The minimum Gasteiger partial charge on any atom is -0.494 e. The van der Waals surface area contributed by atoms with Crippen molar-refractivity contribution in [1.82, 2.24) is 0 Å². The van der Waals surface area contributed by atoms with Crippen LogP contribution in [0.3, 0.4) is 0 Å². The van der Waals surface area contributed by atoms with Crippen molar-refractivity contribution in [2.45, 2.75) is 53.6 Å². The van der Waals surface area contributed by atoms with Crippen LogP contribution in [0.2, 0.25) is 10.0 Å². The van der Waals surface area contributed by atoms with Crippen LogP contribution in [0.15, 0.2) is 93.3 Å². The molecular weight excluding hydrogens is 763 g/mol. The van der Waals surface area contributed by atoms with Gasteiger partial charge < -0.3 is 29.6 Å². The van der Waals surface area contributed by atoms with E-state index >= 15 is 0 Å². The van der Waals surface area contributed by atoms with Gasteiger partial charge in [-0.25, -0.2) is 0 Å². The summed E-state index contributed by atoms with van der Waals surface area (Å²) in [6.07, 6.45) is 0. The number of azo groups is 2. The van der Waals surface area contributed by atoms with Crippen molar-refractivity contribution in [3.8, 4) is 34.1 Å². The molecule has 56 heavy (non-hydrogen) atoms. The molecule has 0 bridgehead atoms. The molecule has 0 heterocycles. The van der Waals surface area contributed by atoms with Gasteiger partial charge in [-0.1, -0.05) is 35.3 Å². The number of carbonyl (C=O) groups excluding carboxylic acids is 4. The summed E-state index contributed by atoms with van der Waals surface area (Å²) in [6, 6.07) is 16.9. The second-order valence-corrected chi connectivity index (χ2v) is 12.6. The SMILES string of the molecule is CCOc1ccc(NC(=O)C(N=Nc2ccc(-c3cc(Cl)c(N=NC(C(C)=O)C(=O)Nc4ccc(OCC)cc4OCC)c(Cl)c3)cc2)C(C)=O)c(OCC)c1. The van der Waals surface area contributed by atoms with Gasteiger partial charge in [0.05, 0.1) is 53.5 Å². The largest absolute Gasteiger partial charge is 0.494 e. The van der Waals surface area contributed by atoms with Crippen molar-refractivity contribution in [3.63, 3.8) is 0 Å². The molecule has 0 saturated carbocycles. The Hall–Kier alpha value is -5.86. The average molecular weight is 806 g/mol. The number of anilines is 2. The maximum Gasteiger partial charge on any atom is 0.258 e. The van der Waals surface area contributed by atoms with E-state index in [1.54, 1.807) is 79.7 Å². The Morgan fingerprint density at radius 3 is 1.41 bits per heavy atom. The van der Waals surface area contributed by atoms with E-state index in [-0.39, 0.29) is 15.7 Å². The number of ether oxygens (including phenoxy) is 4. The van der Waals surface area contributed by atoms with Gasteiger partial charge in [0.2, 0.25) is 12.1 Å². The molecule has 0 aliphatic rings. The molecule has 0 aliphatic heterocycles. The number of amides is 2. The maximum atomic E-state index is 13.2. The van der Waals surface area contributed by atoms with Crippen LogP contribution >= 0.6 is 23.2 Å². The molecule has 0 spiro atoms. The van der Waals surface area contributed by atoms with Crippen LogP contribution in [0.25, 0.3) is 11.1 Å². The second-order valence-electron chi connectivity index (χ2n) is 11.8. The smallest absolute Gasteiger partial charge is 0.258 e. The van der Waals surface area contributed by atoms with Crippen molar-refractivity contribution >= 4 is 69.3 Å². The Kier molecular flexibility index (Phi) is 15.9. The lowest BCUT2D eigenvalue weighted by atomic mass is 10.0. The Morgan fingerprint density at radius 1 is 0.571 bits per heavy atom. The fourth-order valence-electron chi connectivity index (χ4n) is 5.10. The lowest BCUT2D eigenvalue weighted by Crippen LogP contribution is -2.32. The molecule has 16 heteroatoms. The van der Waals surface area contributed by atoms with Crippen LogP contribution < -0.4 is 29.6 Å². The summed E-state index contributed by atoms with van der Waals surface area (Å²) < 4.78 is 22.3. The van der Waals surface area contributed by atoms with Crippen LogP contribution in [0.1, 0.15) is 41.5 Å². The number of ketones is 2. The number of rotatable bonds is 19. The van der Waals surface area contributed by atoms with Crippen molar-refractivity contribution in [1.29, 1.82) is 0 Å². The topological polar surface area (TPSA) is 179 Å². The van der Waals surface area contributed by atoms with E-state index in [9.17, 15) is 19.2 Å². The number of nitrogens with one attached hydrogen (secondary N) is 2. The molecule has 4 aromatic rings. The number of benzene rings is 4. The summed E-state index contributed by atoms with van der Waals surface area (Å²) in [5.74, 6) is -0.591. The van der Waals surface area contributed by atoms with Crippen molar-refractivity contribution in [2.24, 2.45) is 20.5 Å². The Morgan fingerprint density at radius 2 is 1.00 bits per heavy atom. The zero-order chi connectivity index (χ0) is 40.8. The van der Waals surface area contributed by atoms with Gasteiger partial charge >= 0.3 is 0 Å². The Balaban J connectivity index is 1.47. The highest BCUT2D eigenvalue weighted by atomic mass is 35.5. The molecule has 0 aliphatic carbocycles. The van der Waals surface area contributed by atoms with Crippen molar-refractivity contribution < 1.29 is 38.1 Å². The van der Waals surface area contributed by atoms with Crippen LogP contribution in [0.4, 0.5) is 22.7 Å². The molecule has 4 rings (SSSR count). The number of Topliss-reactive ketones (excluding diaryl/α,β-unsaturated/α-hetero) is 2. The van der Waals surface area contributed by atoms with E-state index in [4.69, 9.17) is 42.1 Å². The summed E-state index contributed by atoms with van der Waals surface area (Å²) in [5, 5.41) is 21.8. The number of nitrogens with zero attached hydrogens (tertiary/aromatic N) is 4. The molecule has 2 N–H and O–H groups in total. The Bertz CT molecular complexity index is 2090. The van der Waals surface area contributed by atoms with E-state index in [0.717, 1.165) is 0 Å². The van der Waals surface area contributed by atoms with Gasteiger partial charge in [-0.2, -0.15) is 20.5 Å². The van der Waals surface area contributed by atoms with Crippen LogP contribution in [0.5, 0.6) is 23.0 Å². The highest BCUT2D eigenvalue weighted by Gasteiger charge is 2.26. The molecule has 2 amide bonds. The molecule has 294 valence electrons. The lowest BCUT2D eigenvalue weighted by Gasteiger charge is -2.15. The third-order valence-electron chi connectivity index (χ3n) is 7.69. The molecular formula is C40H42Cl2N6O8. The van der Waals surface area contributed by atoms with Crippen molar-refractivity contribution in [3.05, 3.63) is 82.8 Å². The fourth-order valence-corrected chi connectivity index (χ4v) is 5.66. The van der Waals surface area contributed by atoms with Crippen LogP contribution in [-0.2, 0) is 19.2 Å². The third kappa shape index (κ3) is 11.6. The van der Waals surface area contributed by atoms with Gasteiger partial charge in [0, 0.05) is 12.1 Å². The summed E-state index contributed by atoms with van der Waals surface area (Å²) in [4.78, 5) is 51.2. The third-order valence-corrected chi connectivity index (χ3v) is 8.27. The van der Waals surface area contributed by atoms with Gasteiger partial charge in [-0.15, -0.1) is 0 Å². The first-order chi connectivity index (χ1) is 26.9. The molecule has 14 nitrogen and oxygen atoms in total. The summed E-state index contributed by atoms with van der Waals surface area (Å²) in [6.45, 7) is 11.4. The zero-order valence-electron chi connectivity index (χ0n) is 31.7. The monoisotopic (exact) mass is 804 g/mol. The van der Waals surface area contributed by atoms with Gasteiger partial charge in [-0.05, 0) is 101 Å². The lowest BCUT2D eigenvalue weighted by molar-refractivity contribution is -0.127. The highest BCUT2D eigenvalue weighted by Crippen LogP contribution is 2.39. The predicted octanol–water partition coefficient (Wildman–Crippen LogP) is 9.62. The minimum atomic E-state index is -1.50. The van der Waals surface area contributed by atoms with E-state index in [1.807, 2.05) is 20.8 Å². The van der Waals surface area contributed by atoms with Crippen molar-refractivity contribution in [2.75, 3.05) is 37.1 Å². The number of halogens is 2. The quantitative estimate of drug-likeness (QED) is 0.0695. The normalized spacial score (nSPS) is 12.2. The van der Waals surface area contributed by atoms with Gasteiger partial charge in [-0.3, -0.25) is 19.2 Å². The maximum absolute atomic E-state index is 13.2. The van der Waals surface area contributed by atoms with E-state index < -0.39 is 35.5 Å². The molecule has 0 aromatic heterocycles. The molecule has 2 atom stereocenters. The Labute approximate surface area is 334 Å². The van der Waals surface area contributed by atoms with E-state index in [1.165, 1.54) is 13.8 Å². The fraction of sp³-hybridized carbons (Fsp3) is 0.300. The molecule has 0 saturated heterocycles. The molecule has 0 fully saturated rings. The summed E-state index contributed by atoms with van der Waals surface area (Å²) >= 11 is 13.1. The van der Waals surface area contributed by atoms with E-state index in [0.29, 0.717) is 77.6 Å². The van der Waals surface area contributed by atoms with Gasteiger partial charge in [0.1, 0.15) is 28.7 Å². The standard InChI is InChI=1S/C40H42Cl2N6O8/c1-7-53-28-15-17-32(34(21-28)55-9-3)43-39(51)36(23(5)49)46-45-27-13-11-25(12-14-27)26-19-30(41)38(31(42)20-26)48-47-37(24(6)50)40(52)44-33-18-16-29(54-8-2)22-35(33)56-10-4/h11-22,36-37H,7-10H2,1-6H3,(H,43,51)(H,44,52). The zero-order valence-corrected chi connectivity index (χ0v) is 33.2. The van der Waals surface area contributed by atoms with Gasteiger partial charge in [0.25, 0.3) is 11.8 Å². The minimum absolute atomic E-state index is 0.0600. The number of hydrogen-bond acceptors (Lipinski definition) is 12. The van der Waals surface area contributed by atoms with Crippen LogP contribution in [0, 0.1) is 0 Å².